The van der Waals surface area contributed by atoms with Crippen molar-refractivity contribution in [3.63, 3.8) is 0 Å². The van der Waals surface area contributed by atoms with Gasteiger partial charge in [0.15, 0.2) is 0 Å². The zero-order valence-electron chi connectivity index (χ0n) is 76.3. The van der Waals surface area contributed by atoms with E-state index in [2.05, 4.69) is 395 Å². The highest BCUT2D eigenvalue weighted by atomic mass is 32.1. The van der Waals surface area contributed by atoms with Gasteiger partial charge >= 0.3 is 0 Å². The molecule has 3 aliphatic carbocycles. The molecule has 0 bridgehead atoms. The van der Waals surface area contributed by atoms with Gasteiger partial charge in [-0.15, -0.1) is 11.3 Å². The number of aromatic nitrogens is 9. The van der Waals surface area contributed by atoms with Crippen LogP contribution in [0.2, 0.25) is 0 Å². The van der Waals surface area contributed by atoms with Gasteiger partial charge in [-0.2, -0.15) is 0 Å². The Kier molecular flexibility index (Phi) is 17.8. The minimum Gasteiger partial charge on any atom is -0.455 e. The van der Waals surface area contributed by atoms with E-state index < -0.39 is 0 Å². The van der Waals surface area contributed by atoms with Crippen molar-refractivity contribution in [2.75, 3.05) is 0 Å². The van der Waals surface area contributed by atoms with Crippen LogP contribution in [0.1, 0.15) is 61.1 Å². The van der Waals surface area contributed by atoms with Crippen LogP contribution in [-0.4, -0.2) is 43.6 Å². The summed E-state index contributed by atoms with van der Waals surface area (Å²) in [7, 11) is 0. The maximum atomic E-state index is 7.07. The predicted octanol–water partition coefficient (Wildman–Crippen LogP) is 33.1. The third-order valence-corrected chi connectivity index (χ3v) is 30.9. The standard InChI is InChI=1S/C43H29N3O.C43H29N3S.C41H25N3O/c2*1-43(2)35-9-5-3-7-33(35)39-36(43)13-11-31-32-12-14-38-40(42(32)47-41(31)39)34-8-4-6-10-37(34)46(38)30-24-28(26-15-19-44-20-16-26)23-29(25-30)27-17-21-45-22-18-27;1-3-11-25(12-4-1)33-24-34(26-13-5-2-6-14-26)43-41(42-33)44-35-18-10-9-17-32(35)38-36(44)22-21-31-30-20-19-28-23-27-15-7-8-16-29(27)37(28)39(30)45-40(31)38/h2*3-25H,1-2H3;1-22,24H,23H2. The van der Waals surface area contributed by atoms with E-state index in [1.165, 1.54) is 114 Å². The molecule has 0 aliphatic heterocycles. The molecule has 0 saturated carbocycles. The second kappa shape index (κ2) is 31.0. The Morgan fingerprint density at radius 3 is 1.12 bits per heavy atom. The van der Waals surface area contributed by atoms with Gasteiger partial charge in [0.25, 0.3) is 0 Å². The Bertz CT molecular complexity index is 9240. The quantitative estimate of drug-likeness (QED) is 0.140. The van der Waals surface area contributed by atoms with Crippen LogP contribution in [0.15, 0.2) is 428 Å². The number of hydrogen-bond acceptors (Lipinski definition) is 9. The topological polar surface area (TPSA) is 118 Å². The normalized spacial score (nSPS) is 13.1. The highest BCUT2D eigenvalue weighted by Crippen LogP contribution is 2.58. The van der Waals surface area contributed by atoms with Gasteiger partial charge < -0.3 is 18.0 Å². The number of thiophene rings is 1. The Balaban J connectivity index is 0.000000103. The molecule has 0 spiro atoms. The lowest BCUT2D eigenvalue weighted by molar-refractivity contribution is 0.654. The van der Waals surface area contributed by atoms with Crippen molar-refractivity contribution in [1.82, 2.24) is 43.6 Å². The van der Waals surface area contributed by atoms with E-state index in [1.807, 2.05) is 97.3 Å². The van der Waals surface area contributed by atoms with Gasteiger partial charge in [-0.3, -0.25) is 24.5 Å². The van der Waals surface area contributed by atoms with Crippen LogP contribution in [-0.2, 0) is 17.3 Å². The van der Waals surface area contributed by atoms with Crippen LogP contribution in [0.4, 0.5) is 0 Å². The van der Waals surface area contributed by atoms with Crippen molar-refractivity contribution < 1.29 is 8.83 Å². The molecule has 3 aliphatic rings. The zero-order chi connectivity index (χ0) is 92.0. The van der Waals surface area contributed by atoms with E-state index in [0.717, 1.165) is 167 Å². The molecule has 0 N–H and O–H groups in total. The fourth-order valence-corrected chi connectivity index (χ4v) is 24.6. The first-order chi connectivity index (χ1) is 68.5. The average molecular weight is 1800 g/mol. The third kappa shape index (κ3) is 12.3. The number of benzene rings is 16. The molecule has 11 aromatic heterocycles. The van der Waals surface area contributed by atoms with Crippen molar-refractivity contribution in [2.24, 2.45) is 0 Å². The Morgan fingerprint density at radius 2 is 0.612 bits per heavy atom. The molecule has 11 heterocycles. The Hall–Kier alpha value is -17.6. The summed E-state index contributed by atoms with van der Waals surface area (Å²) in [6, 6.07) is 133. The van der Waals surface area contributed by atoms with E-state index >= 15 is 0 Å². The molecular weight excluding hydrogens is 1720 g/mol. The molecule has 139 heavy (non-hydrogen) atoms. The molecule has 0 amide bonds. The molecule has 16 aromatic carbocycles. The van der Waals surface area contributed by atoms with Crippen LogP contribution in [0.25, 0.3) is 247 Å². The first-order valence-corrected chi connectivity index (χ1v) is 48.2. The van der Waals surface area contributed by atoms with E-state index in [0.29, 0.717) is 5.95 Å². The fourth-order valence-electron chi connectivity index (χ4n) is 23.2. The van der Waals surface area contributed by atoms with E-state index in [4.69, 9.17) is 18.8 Å². The number of nitrogens with zero attached hydrogens (tertiary/aromatic N) is 9. The van der Waals surface area contributed by atoms with Gasteiger partial charge in [-0.05, 0) is 241 Å². The van der Waals surface area contributed by atoms with Crippen LogP contribution in [0.3, 0.4) is 0 Å². The van der Waals surface area contributed by atoms with Crippen LogP contribution < -0.4 is 0 Å². The summed E-state index contributed by atoms with van der Waals surface area (Å²) in [6.45, 7) is 9.36. The number of pyridine rings is 4. The minimum atomic E-state index is -0.0865. The maximum absolute atomic E-state index is 7.07. The SMILES string of the molecule is CC1(C)c2ccccc2-c2c1ccc1c2oc2c1ccc1c2c2ccccc2n1-c1cc(-c2ccncc2)cc(-c2ccncc2)c1.CC1(C)c2ccccc2-c2c1ccc1c2sc2c1ccc1c2c2ccccc2n1-c1cc(-c2ccncc2)cc(-c2ccncc2)c1.c1ccc(-c2cc(-c3ccccc3)nc(-n3c4ccccc4c4c5oc6c7c(ccc6c5ccc43)Cc3ccccc3-7)n2)cc1. The molecule has 11 nitrogen and oxygen atoms in total. The molecular formula is C127H83N9O2S. The summed E-state index contributed by atoms with van der Waals surface area (Å²) >= 11 is 1.96. The molecule has 0 unspecified atom stereocenters. The highest BCUT2D eigenvalue weighted by Gasteiger charge is 2.40. The zero-order valence-corrected chi connectivity index (χ0v) is 77.1. The van der Waals surface area contributed by atoms with E-state index in [9.17, 15) is 0 Å². The molecule has 27 aromatic rings. The van der Waals surface area contributed by atoms with Crippen molar-refractivity contribution in [2.45, 2.75) is 44.9 Å². The third-order valence-electron chi connectivity index (χ3n) is 29.6. The van der Waals surface area contributed by atoms with Gasteiger partial charge in [0.1, 0.15) is 22.3 Å². The highest BCUT2D eigenvalue weighted by molar-refractivity contribution is 7.27. The van der Waals surface area contributed by atoms with Crippen molar-refractivity contribution in [3.8, 4) is 118 Å². The summed E-state index contributed by atoms with van der Waals surface area (Å²) in [5.74, 6) is 0.631. The largest absolute Gasteiger partial charge is 0.455 e. The number of fused-ring (bicyclic) bond motifs is 33. The van der Waals surface area contributed by atoms with Crippen molar-refractivity contribution in [1.29, 1.82) is 0 Å². The first kappa shape index (κ1) is 79.9. The summed E-state index contributed by atoms with van der Waals surface area (Å²) in [5, 5.41) is 14.3. The number of para-hydroxylation sites is 3. The molecule has 0 atom stereocenters. The van der Waals surface area contributed by atoms with Gasteiger partial charge in [0.05, 0.1) is 55.3 Å². The lowest BCUT2D eigenvalue weighted by Crippen LogP contribution is -2.14. The smallest absolute Gasteiger partial charge is 0.235 e. The molecule has 0 saturated heterocycles. The second-order valence-electron chi connectivity index (χ2n) is 37.9. The fraction of sp³-hybridized carbons (Fsp3) is 0.0551. The van der Waals surface area contributed by atoms with Gasteiger partial charge in [0, 0.05) is 163 Å². The summed E-state index contributed by atoms with van der Waals surface area (Å²) in [6.07, 6.45) is 15.8. The lowest BCUT2D eigenvalue weighted by atomic mass is 9.82. The van der Waals surface area contributed by atoms with Crippen LogP contribution in [0.5, 0.6) is 0 Å². The van der Waals surface area contributed by atoms with Crippen molar-refractivity contribution in [3.05, 3.63) is 453 Å². The van der Waals surface area contributed by atoms with E-state index in [1.54, 1.807) is 0 Å². The monoisotopic (exact) mass is 1800 g/mol. The van der Waals surface area contributed by atoms with Gasteiger partial charge in [-0.25, -0.2) is 9.97 Å². The Morgan fingerprint density at radius 1 is 0.245 bits per heavy atom. The summed E-state index contributed by atoms with van der Waals surface area (Å²) in [4.78, 5) is 27.5. The summed E-state index contributed by atoms with van der Waals surface area (Å²) in [5.41, 5.74) is 41.5. The molecule has 654 valence electrons. The number of furan rings is 2. The van der Waals surface area contributed by atoms with Gasteiger partial charge in [-0.1, -0.05) is 258 Å². The predicted molar refractivity (Wildman–Crippen MR) is 573 cm³/mol. The average Bonchev–Trinajstić information content (AvgIpc) is 1.54. The Labute approximate surface area is 803 Å². The summed E-state index contributed by atoms with van der Waals surface area (Å²) < 4.78 is 23.8. The molecule has 12 heteroatoms. The van der Waals surface area contributed by atoms with Crippen LogP contribution in [0, 0.1) is 0 Å². The molecule has 0 radical (unpaired) electrons. The van der Waals surface area contributed by atoms with Gasteiger partial charge in [0.2, 0.25) is 5.95 Å². The first-order valence-electron chi connectivity index (χ1n) is 47.4. The second-order valence-corrected chi connectivity index (χ2v) is 38.9. The molecule has 30 rings (SSSR count). The minimum absolute atomic E-state index is 0.0198. The maximum Gasteiger partial charge on any atom is 0.235 e. The lowest BCUT2D eigenvalue weighted by Gasteiger charge is -2.21. The van der Waals surface area contributed by atoms with E-state index in [-0.39, 0.29) is 10.8 Å². The number of hydrogen-bond donors (Lipinski definition) is 0. The molecule has 0 fully saturated rings. The number of rotatable bonds is 9. The van der Waals surface area contributed by atoms with Crippen LogP contribution >= 0.6 is 11.3 Å². The van der Waals surface area contributed by atoms with Crippen molar-refractivity contribution >= 4 is 141 Å².